The molecule has 0 fully saturated rings. The summed E-state index contributed by atoms with van der Waals surface area (Å²) in [5.74, 6) is 0.0340. The second-order valence-corrected chi connectivity index (χ2v) is 7.39. The summed E-state index contributed by atoms with van der Waals surface area (Å²) < 4.78 is 3.48. The number of carbonyl (C=O) groups excluding carboxylic acids is 1. The number of nitrogens with one attached hydrogen (secondary N) is 1. The Bertz CT molecular complexity index is 319. The molecule has 0 saturated heterocycles. The van der Waals surface area contributed by atoms with E-state index in [1.807, 2.05) is 13.8 Å². The van der Waals surface area contributed by atoms with E-state index in [-0.39, 0.29) is 17.7 Å². The molecule has 0 aromatic rings. The van der Waals surface area contributed by atoms with Gasteiger partial charge in [-0.15, -0.1) is 0 Å². The van der Waals surface area contributed by atoms with Gasteiger partial charge in [0, 0.05) is 24.5 Å². The monoisotopic (exact) mass is 358 g/mol. The molecule has 0 spiro atoms. The number of amides is 1. The summed E-state index contributed by atoms with van der Waals surface area (Å²) in [5, 5.41) is 3.00. The predicted molar refractivity (Wildman–Crippen MR) is 107 cm³/mol. The predicted octanol–water partition coefficient (Wildman–Crippen LogP) is 6.30. The molecule has 1 unspecified atom stereocenters. The van der Waals surface area contributed by atoms with Gasteiger partial charge in [0.25, 0.3) is 0 Å². The number of nitrogens with zero attached hydrogens (tertiary/aromatic N) is 1. The topological polar surface area (TPSA) is 41.5 Å². The molecule has 0 bridgehead atoms. The Morgan fingerprint density at radius 3 is 1.79 bits per heavy atom. The quantitative estimate of drug-likeness (QED) is 0.255. The van der Waals surface area contributed by atoms with Gasteiger partial charge in [-0.25, -0.2) is 0 Å². The highest BCUT2D eigenvalue weighted by atomic mass is 35.5. The molecule has 0 aromatic heterocycles. The van der Waals surface area contributed by atoms with Crippen LogP contribution in [0, 0.1) is 11.8 Å². The lowest BCUT2D eigenvalue weighted by molar-refractivity contribution is -0.123. The highest BCUT2D eigenvalue weighted by Gasteiger charge is 2.19. The molecular formula is C20H39ClN2O. The van der Waals surface area contributed by atoms with Crippen molar-refractivity contribution in [2.75, 3.05) is 6.54 Å². The van der Waals surface area contributed by atoms with Crippen LogP contribution < -0.4 is 5.32 Å². The molecule has 0 aliphatic heterocycles. The average molecular weight is 359 g/mol. The molecule has 0 aromatic carbocycles. The Labute approximate surface area is 155 Å². The maximum Gasteiger partial charge on any atom is 0.228 e. The molecule has 3 nitrogen and oxygen atoms in total. The second-order valence-electron chi connectivity index (χ2n) is 7.20. The van der Waals surface area contributed by atoms with E-state index in [0.717, 1.165) is 13.0 Å². The molecule has 1 atom stereocenters. The van der Waals surface area contributed by atoms with E-state index in [2.05, 4.69) is 16.8 Å². The van der Waals surface area contributed by atoms with Gasteiger partial charge in [-0.2, -0.15) is 4.51 Å². The van der Waals surface area contributed by atoms with Gasteiger partial charge in [-0.3, -0.25) is 4.79 Å². The van der Waals surface area contributed by atoms with Crippen molar-refractivity contribution in [1.82, 2.24) is 5.32 Å². The minimum atomic E-state index is -0.222. The van der Waals surface area contributed by atoms with Crippen LogP contribution in [0.15, 0.2) is 4.51 Å². The number of hydrogen-bond donors (Lipinski definition) is 1. The van der Waals surface area contributed by atoms with E-state index in [4.69, 9.17) is 11.8 Å². The lowest BCUT2D eigenvalue weighted by atomic mass is 9.96. The maximum absolute atomic E-state index is 12.0. The third kappa shape index (κ3) is 13.8. The summed E-state index contributed by atoms with van der Waals surface area (Å²) in [6, 6.07) is 0. The molecule has 0 aliphatic rings. The van der Waals surface area contributed by atoms with E-state index in [1.54, 1.807) is 0 Å². The van der Waals surface area contributed by atoms with E-state index < -0.39 is 0 Å². The highest BCUT2D eigenvalue weighted by Crippen LogP contribution is 2.12. The van der Waals surface area contributed by atoms with E-state index in [9.17, 15) is 4.79 Å². The van der Waals surface area contributed by atoms with Crippen LogP contribution in [0.25, 0.3) is 0 Å². The van der Waals surface area contributed by atoms with Crippen molar-refractivity contribution < 1.29 is 4.79 Å². The lowest BCUT2D eigenvalue weighted by Crippen LogP contribution is -2.35. The minimum Gasteiger partial charge on any atom is -0.356 e. The molecular weight excluding hydrogens is 320 g/mol. The minimum absolute atomic E-state index is 0.0393. The Morgan fingerprint density at radius 2 is 1.38 bits per heavy atom. The van der Waals surface area contributed by atoms with Crippen molar-refractivity contribution in [3.8, 4) is 0 Å². The molecule has 24 heavy (non-hydrogen) atoms. The number of halogens is 1. The first kappa shape index (κ1) is 23.4. The number of unbranched alkanes of at least 4 members (excludes halogenated alkanes) is 11. The van der Waals surface area contributed by atoms with Crippen LogP contribution in [-0.4, -0.2) is 18.7 Å². The standard InChI is InChI=1S/C20H39ClN2O/c1-4-5-6-7-8-9-10-11-12-13-14-15-16-22-20(24)19(17-23-21)18(2)3/h17-19H,4-16H2,1-3H3,(H,22,24)/b23-17+. The molecule has 0 radical (unpaired) electrons. The van der Waals surface area contributed by atoms with Crippen molar-refractivity contribution >= 4 is 23.9 Å². The van der Waals surface area contributed by atoms with Crippen LogP contribution in [0.1, 0.15) is 97.8 Å². The van der Waals surface area contributed by atoms with Crippen molar-refractivity contribution in [3.05, 3.63) is 0 Å². The molecule has 0 heterocycles. The van der Waals surface area contributed by atoms with Gasteiger partial charge in [0.1, 0.15) is 0 Å². The summed E-state index contributed by atoms with van der Waals surface area (Å²) >= 11 is 5.36. The fourth-order valence-electron chi connectivity index (χ4n) is 2.90. The van der Waals surface area contributed by atoms with E-state index >= 15 is 0 Å². The Morgan fingerprint density at radius 1 is 0.917 bits per heavy atom. The average Bonchev–Trinajstić information content (AvgIpc) is 2.56. The zero-order valence-corrected chi connectivity index (χ0v) is 16.9. The molecule has 4 heteroatoms. The summed E-state index contributed by atoms with van der Waals surface area (Å²) in [6.45, 7) is 7.04. The highest BCUT2D eigenvalue weighted by molar-refractivity contribution is 6.18. The van der Waals surface area contributed by atoms with Gasteiger partial charge in [0.05, 0.1) is 5.92 Å². The largest absolute Gasteiger partial charge is 0.356 e. The van der Waals surface area contributed by atoms with Gasteiger partial charge < -0.3 is 5.32 Å². The van der Waals surface area contributed by atoms with Crippen molar-refractivity contribution in [2.24, 2.45) is 16.3 Å². The summed E-state index contributed by atoms with van der Waals surface area (Å²) in [7, 11) is 0. The van der Waals surface area contributed by atoms with Crippen molar-refractivity contribution in [3.63, 3.8) is 0 Å². The first-order chi connectivity index (χ1) is 11.6. The molecule has 0 aliphatic carbocycles. The second kappa shape index (κ2) is 17.3. The third-order valence-corrected chi connectivity index (χ3v) is 4.68. The summed E-state index contributed by atoms with van der Waals surface area (Å²) in [4.78, 5) is 12.0. The van der Waals surface area contributed by atoms with Crippen LogP contribution in [0.2, 0.25) is 0 Å². The summed E-state index contributed by atoms with van der Waals surface area (Å²) in [6.07, 6.45) is 17.5. The molecule has 0 rings (SSSR count). The fourth-order valence-corrected chi connectivity index (χ4v) is 3.02. The maximum atomic E-state index is 12.0. The van der Waals surface area contributed by atoms with Crippen molar-refractivity contribution in [1.29, 1.82) is 0 Å². The molecule has 1 amide bonds. The van der Waals surface area contributed by atoms with Crippen LogP contribution in [0.3, 0.4) is 0 Å². The van der Waals surface area contributed by atoms with Crippen LogP contribution in [0.4, 0.5) is 0 Å². The Balaban J connectivity index is 3.40. The van der Waals surface area contributed by atoms with Crippen molar-refractivity contribution in [2.45, 2.75) is 97.8 Å². The van der Waals surface area contributed by atoms with E-state index in [1.165, 1.54) is 76.8 Å². The van der Waals surface area contributed by atoms with Gasteiger partial charge >= 0.3 is 0 Å². The normalized spacial score (nSPS) is 12.9. The zero-order valence-electron chi connectivity index (χ0n) is 16.2. The zero-order chi connectivity index (χ0) is 18.0. The molecule has 142 valence electrons. The number of rotatable bonds is 16. The fraction of sp³-hybridized carbons (Fsp3) is 0.900. The van der Waals surface area contributed by atoms with Crippen LogP contribution in [0.5, 0.6) is 0 Å². The van der Waals surface area contributed by atoms with Gasteiger partial charge in [-0.1, -0.05) is 91.4 Å². The smallest absolute Gasteiger partial charge is 0.228 e. The third-order valence-electron chi connectivity index (χ3n) is 4.57. The first-order valence-corrected chi connectivity index (χ1v) is 10.4. The molecule has 0 saturated carbocycles. The van der Waals surface area contributed by atoms with Gasteiger partial charge in [-0.05, 0) is 12.3 Å². The van der Waals surface area contributed by atoms with Crippen LogP contribution in [-0.2, 0) is 4.79 Å². The summed E-state index contributed by atoms with van der Waals surface area (Å²) in [5.41, 5.74) is 0. The number of hydrogen-bond acceptors (Lipinski definition) is 2. The van der Waals surface area contributed by atoms with Gasteiger partial charge in [0.15, 0.2) is 0 Å². The molecule has 1 N–H and O–H groups in total. The Hall–Kier alpha value is -0.570. The van der Waals surface area contributed by atoms with E-state index in [0.29, 0.717) is 0 Å². The number of carbonyl (C=O) groups is 1. The lowest BCUT2D eigenvalue weighted by Gasteiger charge is -2.15. The SMILES string of the molecule is CCCCCCCCCCCCCCNC(=O)C(/C=N/Cl)C(C)C. The first-order valence-electron chi connectivity index (χ1n) is 10.1. The Kier molecular flexibility index (Phi) is 16.8. The van der Waals surface area contributed by atoms with Gasteiger partial charge in [0.2, 0.25) is 5.91 Å². The van der Waals surface area contributed by atoms with Crippen LogP contribution >= 0.6 is 11.8 Å².